The van der Waals surface area contributed by atoms with E-state index in [0.29, 0.717) is 11.1 Å². The fourth-order valence-electron chi connectivity index (χ4n) is 2.37. The Morgan fingerprint density at radius 1 is 1.16 bits per heavy atom. The summed E-state index contributed by atoms with van der Waals surface area (Å²) in [7, 11) is 0. The summed E-state index contributed by atoms with van der Waals surface area (Å²) in [5.41, 5.74) is 0.903. The zero-order valence-electron chi connectivity index (χ0n) is 12.9. The van der Waals surface area contributed by atoms with Crippen LogP contribution in [0.1, 0.15) is 33.0 Å². The number of hydrogen-bond donors (Lipinski definition) is 1. The summed E-state index contributed by atoms with van der Waals surface area (Å²) in [6.45, 7) is 1.66. The van der Waals surface area contributed by atoms with Gasteiger partial charge in [0.1, 0.15) is 0 Å². The number of carbonyl (C=O) groups is 1. The molecule has 0 fully saturated rings. The van der Waals surface area contributed by atoms with Crippen molar-refractivity contribution in [2.24, 2.45) is 0 Å². The molecule has 0 amide bonds. The summed E-state index contributed by atoms with van der Waals surface area (Å²) in [4.78, 5) is 10.9. The SMILES string of the molecule is Cc1cc(Cl)cc(C(/C=C/c2ccc(C(=O)O)c(Cl)c2)C(F)(F)F)c1. The van der Waals surface area contributed by atoms with Gasteiger partial charge in [-0.3, -0.25) is 0 Å². The molecule has 0 bridgehead atoms. The first-order valence-corrected chi connectivity index (χ1v) is 7.88. The van der Waals surface area contributed by atoms with Gasteiger partial charge in [-0.1, -0.05) is 47.5 Å². The molecule has 2 rings (SSSR count). The fourth-order valence-corrected chi connectivity index (χ4v) is 2.94. The quantitative estimate of drug-likeness (QED) is 0.661. The van der Waals surface area contributed by atoms with E-state index in [1.165, 1.54) is 36.4 Å². The van der Waals surface area contributed by atoms with Crippen LogP contribution in [0.3, 0.4) is 0 Å². The first-order valence-electron chi connectivity index (χ1n) is 7.13. The minimum Gasteiger partial charge on any atom is -0.478 e. The van der Waals surface area contributed by atoms with E-state index in [4.69, 9.17) is 28.3 Å². The summed E-state index contributed by atoms with van der Waals surface area (Å²) >= 11 is 11.7. The maximum atomic E-state index is 13.4. The topological polar surface area (TPSA) is 37.3 Å². The Hall–Kier alpha value is -1.98. The number of hydrogen-bond acceptors (Lipinski definition) is 1. The fraction of sp³-hybridized carbons (Fsp3) is 0.167. The van der Waals surface area contributed by atoms with Crippen molar-refractivity contribution in [3.63, 3.8) is 0 Å². The molecule has 1 N–H and O–H groups in total. The zero-order valence-corrected chi connectivity index (χ0v) is 14.5. The van der Waals surface area contributed by atoms with Crippen LogP contribution in [0.2, 0.25) is 10.0 Å². The molecule has 1 unspecified atom stereocenters. The Morgan fingerprint density at radius 2 is 1.84 bits per heavy atom. The molecule has 25 heavy (non-hydrogen) atoms. The third kappa shape index (κ3) is 5.00. The number of carboxylic acid groups (broad SMARTS) is 1. The second kappa shape index (κ2) is 7.50. The highest BCUT2D eigenvalue weighted by atomic mass is 35.5. The number of carboxylic acids is 1. The molecular weight excluding hydrogens is 376 g/mol. The molecular formula is C18H13Cl2F3O2. The first-order chi connectivity index (χ1) is 11.6. The van der Waals surface area contributed by atoms with Crippen LogP contribution >= 0.6 is 23.2 Å². The molecule has 132 valence electrons. The van der Waals surface area contributed by atoms with Gasteiger partial charge in [0, 0.05) is 5.02 Å². The highest BCUT2D eigenvalue weighted by Crippen LogP contribution is 2.38. The van der Waals surface area contributed by atoms with Crippen LogP contribution in [0.15, 0.2) is 42.5 Å². The van der Waals surface area contributed by atoms with Gasteiger partial charge in [-0.05, 0) is 47.9 Å². The highest BCUT2D eigenvalue weighted by molar-refractivity contribution is 6.33. The van der Waals surface area contributed by atoms with E-state index in [9.17, 15) is 18.0 Å². The average Bonchev–Trinajstić information content (AvgIpc) is 2.44. The van der Waals surface area contributed by atoms with E-state index in [0.717, 1.165) is 6.08 Å². The molecule has 0 saturated carbocycles. The standard InChI is InChI=1S/C18H13Cl2F3O2/c1-10-6-12(9-13(19)7-10)15(18(21,22)23)5-3-11-2-4-14(17(24)25)16(20)8-11/h2-9,15H,1H3,(H,24,25)/b5-3+. The third-order valence-electron chi connectivity index (χ3n) is 3.48. The Bertz CT molecular complexity index is 809. The number of alkyl halides is 3. The van der Waals surface area contributed by atoms with Gasteiger partial charge in [0.25, 0.3) is 0 Å². The molecule has 0 aliphatic rings. The maximum Gasteiger partial charge on any atom is 0.399 e. The van der Waals surface area contributed by atoms with Crippen molar-refractivity contribution in [2.75, 3.05) is 0 Å². The van der Waals surface area contributed by atoms with E-state index >= 15 is 0 Å². The molecule has 0 saturated heterocycles. The lowest BCUT2D eigenvalue weighted by Crippen LogP contribution is -2.19. The van der Waals surface area contributed by atoms with Gasteiger partial charge in [0.05, 0.1) is 16.5 Å². The monoisotopic (exact) mass is 388 g/mol. The van der Waals surface area contributed by atoms with Crippen LogP contribution in [0, 0.1) is 6.92 Å². The lowest BCUT2D eigenvalue weighted by atomic mass is 9.95. The van der Waals surface area contributed by atoms with E-state index in [-0.39, 0.29) is 21.2 Å². The molecule has 1 atom stereocenters. The van der Waals surface area contributed by atoms with Crippen molar-refractivity contribution in [1.82, 2.24) is 0 Å². The molecule has 2 aromatic rings. The minimum absolute atomic E-state index is 0.0296. The van der Waals surface area contributed by atoms with Gasteiger partial charge in [-0.15, -0.1) is 0 Å². The summed E-state index contributed by atoms with van der Waals surface area (Å²) in [6.07, 6.45) is -2.25. The molecule has 2 aromatic carbocycles. The number of rotatable bonds is 4. The molecule has 0 radical (unpaired) electrons. The largest absolute Gasteiger partial charge is 0.478 e. The van der Waals surface area contributed by atoms with Crippen LogP contribution in [-0.2, 0) is 0 Å². The predicted molar refractivity (Wildman–Crippen MR) is 92.4 cm³/mol. The normalized spacial score (nSPS) is 13.2. The van der Waals surface area contributed by atoms with Gasteiger partial charge in [0.15, 0.2) is 0 Å². The van der Waals surface area contributed by atoms with Gasteiger partial charge in [0.2, 0.25) is 0 Å². The molecule has 0 aliphatic carbocycles. The van der Waals surface area contributed by atoms with Crippen molar-refractivity contribution in [3.05, 3.63) is 74.8 Å². The predicted octanol–water partition coefficient (Wildman–Crippen LogP) is 6.36. The Balaban J connectivity index is 2.39. The second-order valence-electron chi connectivity index (χ2n) is 5.48. The summed E-state index contributed by atoms with van der Waals surface area (Å²) in [6, 6.07) is 8.22. The average molecular weight is 389 g/mol. The van der Waals surface area contributed by atoms with Crippen molar-refractivity contribution >= 4 is 35.2 Å². The van der Waals surface area contributed by atoms with Crippen molar-refractivity contribution in [1.29, 1.82) is 0 Å². The number of allylic oxidation sites excluding steroid dienone is 1. The molecule has 0 spiro atoms. The van der Waals surface area contributed by atoms with Crippen molar-refractivity contribution < 1.29 is 23.1 Å². The number of benzene rings is 2. The van der Waals surface area contributed by atoms with Crippen LogP contribution < -0.4 is 0 Å². The summed E-state index contributed by atoms with van der Waals surface area (Å²) in [5.74, 6) is -3.05. The Labute approximate surface area is 152 Å². The third-order valence-corrected chi connectivity index (χ3v) is 4.01. The maximum absolute atomic E-state index is 13.4. The van der Waals surface area contributed by atoms with Crippen LogP contribution in [0.4, 0.5) is 13.2 Å². The Morgan fingerprint density at radius 3 is 2.36 bits per heavy atom. The Kier molecular flexibility index (Phi) is 5.80. The number of aryl methyl sites for hydroxylation is 1. The van der Waals surface area contributed by atoms with Crippen LogP contribution in [0.5, 0.6) is 0 Å². The minimum atomic E-state index is -4.50. The molecule has 0 aromatic heterocycles. The van der Waals surface area contributed by atoms with Gasteiger partial charge >= 0.3 is 12.1 Å². The smallest absolute Gasteiger partial charge is 0.399 e. The van der Waals surface area contributed by atoms with Gasteiger partial charge in [-0.25, -0.2) is 4.79 Å². The van der Waals surface area contributed by atoms with Crippen molar-refractivity contribution in [2.45, 2.75) is 19.0 Å². The molecule has 2 nitrogen and oxygen atoms in total. The first kappa shape index (κ1) is 19.3. The van der Waals surface area contributed by atoms with Gasteiger partial charge < -0.3 is 5.11 Å². The van der Waals surface area contributed by atoms with Crippen LogP contribution in [0.25, 0.3) is 6.08 Å². The molecule has 7 heteroatoms. The summed E-state index contributed by atoms with van der Waals surface area (Å²) in [5, 5.41) is 9.10. The second-order valence-corrected chi connectivity index (χ2v) is 6.33. The van der Waals surface area contributed by atoms with Crippen LogP contribution in [-0.4, -0.2) is 17.3 Å². The van der Waals surface area contributed by atoms with Gasteiger partial charge in [-0.2, -0.15) is 13.2 Å². The van der Waals surface area contributed by atoms with E-state index in [1.54, 1.807) is 13.0 Å². The molecule has 0 heterocycles. The lowest BCUT2D eigenvalue weighted by Gasteiger charge is -2.18. The lowest BCUT2D eigenvalue weighted by molar-refractivity contribution is -0.139. The zero-order chi connectivity index (χ0) is 18.8. The van der Waals surface area contributed by atoms with E-state index in [1.807, 2.05) is 0 Å². The van der Waals surface area contributed by atoms with E-state index < -0.39 is 18.1 Å². The number of halogens is 5. The summed E-state index contributed by atoms with van der Waals surface area (Å²) < 4.78 is 40.3. The van der Waals surface area contributed by atoms with E-state index in [2.05, 4.69) is 0 Å². The highest BCUT2D eigenvalue weighted by Gasteiger charge is 2.39. The number of aromatic carboxylic acids is 1. The molecule has 0 aliphatic heterocycles. The van der Waals surface area contributed by atoms with Crippen molar-refractivity contribution in [3.8, 4) is 0 Å².